The average Bonchev–Trinajstić information content (AvgIpc) is 2.55. The molecule has 2 rings (SSSR count). The van der Waals surface area contributed by atoms with Crippen LogP contribution in [-0.4, -0.2) is 35.6 Å². The molecule has 0 saturated heterocycles. The van der Waals surface area contributed by atoms with Gasteiger partial charge in [0.25, 0.3) is 0 Å². The number of carboxylic acid groups (broad SMARTS) is 1. The highest BCUT2D eigenvalue weighted by atomic mass is 35.5. The van der Waals surface area contributed by atoms with Crippen molar-refractivity contribution in [3.8, 4) is 0 Å². The van der Waals surface area contributed by atoms with Crippen molar-refractivity contribution in [1.82, 2.24) is 5.32 Å². The average molecular weight is 342 g/mol. The summed E-state index contributed by atoms with van der Waals surface area (Å²) < 4.78 is 0. The van der Waals surface area contributed by atoms with Crippen LogP contribution in [0, 0.1) is 0 Å². The van der Waals surface area contributed by atoms with E-state index in [4.69, 9.17) is 21.8 Å². The van der Waals surface area contributed by atoms with Crippen LogP contribution in [0.15, 0.2) is 24.3 Å². The number of halogens is 1. The Morgan fingerprint density at radius 2 is 2.04 bits per heavy atom. The van der Waals surface area contributed by atoms with Gasteiger partial charge in [-0.05, 0) is 37.9 Å². The fourth-order valence-corrected chi connectivity index (χ4v) is 3.05. The summed E-state index contributed by atoms with van der Waals surface area (Å²) in [4.78, 5) is 21.8. The molecule has 1 atom stereocenters. The van der Waals surface area contributed by atoms with Crippen LogP contribution in [0.5, 0.6) is 0 Å². The standard InChI is InChI=1S/C13H16ClNO.C4H8O3/c1-15-13(9-5-4-8-12(13)16)10-6-2-3-7-11(10)14;5-3-1-2-4(6)7/h2-3,6-7,15H,4-5,8-9H2,1H3;5H,1-3H2,(H,6,7). The van der Waals surface area contributed by atoms with Crippen LogP contribution < -0.4 is 5.32 Å². The van der Waals surface area contributed by atoms with E-state index in [9.17, 15) is 9.59 Å². The number of rotatable bonds is 5. The van der Waals surface area contributed by atoms with Gasteiger partial charge in [0.1, 0.15) is 5.54 Å². The molecule has 1 aromatic rings. The molecule has 0 aliphatic heterocycles. The first kappa shape index (κ1) is 19.6. The zero-order valence-corrected chi connectivity index (χ0v) is 14.1. The Kier molecular flexibility index (Phi) is 8.23. The second-order valence-electron chi connectivity index (χ2n) is 5.49. The number of likely N-dealkylation sites (N-methyl/N-ethyl adjacent to an activating group) is 1. The van der Waals surface area contributed by atoms with Crippen LogP contribution in [0.25, 0.3) is 0 Å². The largest absolute Gasteiger partial charge is 0.481 e. The third-order valence-electron chi connectivity index (χ3n) is 3.99. The molecule has 1 saturated carbocycles. The first-order chi connectivity index (χ1) is 11.0. The van der Waals surface area contributed by atoms with Gasteiger partial charge in [0.05, 0.1) is 0 Å². The molecule has 23 heavy (non-hydrogen) atoms. The molecule has 0 bridgehead atoms. The number of carbonyl (C=O) groups excluding carboxylic acids is 1. The molecule has 3 N–H and O–H groups in total. The highest BCUT2D eigenvalue weighted by Crippen LogP contribution is 2.37. The van der Waals surface area contributed by atoms with E-state index in [1.165, 1.54) is 0 Å². The maximum atomic E-state index is 12.2. The van der Waals surface area contributed by atoms with Crippen molar-refractivity contribution >= 4 is 23.4 Å². The van der Waals surface area contributed by atoms with Crippen LogP contribution in [0.1, 0.15) is 44.1 Å². The van der Waals surface area contributed by atoms with Gasteiger partial charge in [-0.3, -0.25) is 9.59 Å². The number of ketones is 1. The summed E-state index contributed by atoms with van der Waals surface area (Å²) in [6.45, 7) is -0.0354. The molecule has 128 valence electrons. The number of hydrogen-bond acceptors (Lipinski definition) is 4. The van der Waals surface area contributed by atoms with Crippen LogP contribution in [0.3, 0.4) is 0 Å². The highest BCUT2D eigenvalue weighted by molar-refractivity contribution is 6.31. The zero-order chi connectivity index (χ0) is 17.3. The van der Waals surface area contributed by atoms with Crippen molar-refractivity contribution < 1.29 is 19.8 Å². The number of carbonyl (C=O) groups is 2. The molecule has 0 heterocycles. The number of aliphatic hydroxyl groups excluding tert-OH is 1. The third-order valence-corrected chi connectivity index (χ3v) is 4.32. The van der Waals surface area contributed by atoms with E-state index < -0.39 is 11.5 Å². The van der Waals surface area contributed by atoms with Gasteiger partial charge >= 0.3 is 5.97 Å². The molecule has 1 unspecified atom stereocenters. The quantitative estimate of drug-likeness (QED) is 0.766. The summed E-state index contributed by atoms with van der Waals surface area (Å²) >= 11 is 6.20. The summed E-state index contributed by atoms with van der Waals surface area (Å²) in [6, 6.07) is 7.62. The minimum Gasteiger partial charge on any atom is -0.481 e. The van der Waals surface area contributed by atoms with Gasteiger partial charge in [0, 0.05) is 24.5 Å². The summed E-state index contributed by atoms with van der Waals surface area (Å²) in [5, 5.41) is 19.8. The van der Waals surface area contributed by atoms with Crippen molar-refractivity contribution in [2.75, 3.05) is 13.7 Å². The van der Waals surface area contributed by atoms with E-state index in [0.717, 1.165) is 24.8 Å². The minimum atomic E-state index is -0.853. The molecule has 1 aromatic carbocycles. The molecular formula is C17H24ClNO4. The Hall–Kier alpha value is -1.43. The van der Waals surface area contributed by atoms with Gasteiger partial charge in [-0.25, -0.2) is 0 Å². The van der Waals surface area contributed by atoms with Crippen LogP contribution in [-0.2, 0) is 15.1 Å². The minimum absolute atomic E-state index is 0.0354. The Labute approximate surface area is 141 Å². The first-order valence-corrected chi connectivity index (χ1v) is 8.15. The van der Waals surface area contributed by atoms with E-state index in [2.05, 4.69) is 5.32 Å². The smallest absolute Gasteiger partial charge is 0.303 e. The second kappa shape index (κ2) is 9.65. The molecule has 6 heteroatoms. The van der Waals surface area contributed by atoms with Gasteiger partial charge in [0.2, 0.25) is 0 Å². The molecular weight excluding hydrogens is 318 g/mol. The number of benzene rings is 1. The zero-order valence-electron chi connectivity index (χ0n) is 13.3. The highest BCUT2D eigenvalue weighted by Gasteiger charge is 2.40. The Balaban J connectivity index is 0.000000322. The monoisotopic (exact) mass is 341 g/mol. The van der Waals surface area contributed by atoms with Gasteiger partial charge in [-0.1, -0.05) is 36.2 Å². The van der Waals surface area contributed by atoms with E-state index in [1.54, 1.807) is 0 Å². The van der Waals surface area contributed by atoms with Crippen LogP contribution in [0.4, 0.5) is 0 Å². The van der Waals surface area contributed by atoms with Crippen molar-refractivity contribution in [3.63, 3.8) is 0 Å². The SMILES string of the molecule is CNC1(c2ccccc2Cl)CCCCC1=O.O=C(O)CCCO. The van der Waals surface area contributed by atoms with E-state index in [-0.39, 0.29) is 18.8 Å². The molecule has 1 aliphatic carbocycles. The third kappa shape index (κ3) is 5.30. The molecule has 0 aromatic heterocycles. The van der Waals surface area contributed by atoms with Crippen molar-refractivity contribution in [2.24, 2.45) is 0 Å². The molecule has 1 fully saturated rings. The maximum Gasteiger partial charge on any atom is 0.303 e. The lowest BCUT2D eigenvalue weighted by Gasteiger charge is -2.36. The number of Topliss-reactive ketones (excluding diaryl/α,β-unsaturated/α-hetero) is 1. The summed E-state index contributed by atoms with van der Waals surface area (Å²) in [6.07, 6.45) is 3.97. The van der Waals surface area contributed by atoms with Crippen molar-refractivity contribution in [3.05, 3.63) is 34.9 Å². The van der Waals surface area contributed by atoms with Gasteiger partial charge < -0.3 is 15.5 Å². The number of carboxylic acids is 1. The van der Waals surface area contributed by atoms with Gasteiger partial charge in [-0.2, -0.15) is 0 Å². The van der Waals surface area contributed by atoms with Crippen LogP contribution >= 0.6 is 11.6 Å². The van der Waals surface area contributed by atoms with Crippen LogP contribution in [0.2, 0.25) is 5.02 Å². The Morgan fingerprint density at radius 3 is 2.52 bits per heavy atom. The van der Waals surface area contributed by atoms with E-state index >= 15 is 0 Å². The predicted octanol–water partition coefficient (Wildman–Crippen LogP) is 2.74. The van der Waals surface area contributed by atoms with Crippen molar-refractivity contribution in [1.29, 1.82) is 0 Å². The Bertz CT molecular complexity index is 535. The molecule has 0 radical (unpaired) electrons. The van der Waals surface area contributed by atoms with Gasteiger partial charge in [-0.15, -0.1) is 0 Å². The molecule has 0 spiro atoms. The molecule has 5 nitrogen and oxygen atoms in total. The Morgan fingerprint density at radius 1 is 1.35 bits per heavy atom. The summed E-state index contributed by atoms with van der Waals surface area (Å²) in [5.41, 5.74) is 0.361. The predicted molar refractivity (Wildman–Crippen MR) is 89.6 cm³/mol. The van der Waals surface area contributed by atoms with Gasteiger partial charge in [0.15, 0.2) is 5.78 Å². The number of nitrogens with one attached hydrogen (secondary N) is 1. The molecule has 1 aliphatic rings. The van der Waals surface area contributed by atoms with E-state index in [0.29, 0.717) is 17.9 Å². The summed E-state index contributed by atoms with van der Waals surface area (Å²) in [5.74, 6) is -0.594. The first-order valence-electron chi connectivity index (χ1n) is 7.78. The fraction of sp³-hybridized carbons (Fsp3) is 0.529. The number of aliphatic carboxylic acids is 1. The van der Waals surface area contributed by atoms with E-state index in [1.807, 2.05) is 31.3 Å². The topological polar surface area (TPSA) is 86.6 Å². The molecule has 0 amide bonds. The van der Waals surface area contributed by atoms with Crippen molar-refractivity contribution in [2.45, 2.75) is 44.1 Å². The lowest BCUT2D eigenvalue weighted by Crippen LogP contribution is -2.49. The fourth-order valence-electron chi connectivity index (χ4n) is 2.75. The second-order valence-corrected chi connectivity index (χ2v) is 5.89. The lowest BCUT2D eigenvalue weighted by molar-refractivity contribution is -0.137. The lowest BCUT2D eigenvalue weighted by atomic mass is 9.75. The normalized spacial score (nSPS) is 20.6. The maximum absolute atomic E-state index is 12.2. The number of aliphatic hydroxyl groups is 1. The summed E-state index contributed by atoms with van der Waals surface area (Å²) in [7, 11) is 1.84. The number of hydrogen-bond donors (Lipinski definition) is 3.